The van der Waals surface area contributed by atoms with Gasteiger partial charge in [-0.15, -0.1) is 0 Å². The summed E-state index contributed by atoms with van der Waals surface area (Å²) in [7, 11) is 0. The van der Waals surface area contributed by atoms with Crippen molar-refractivity contribution in [3.63, 3.8) is 0 Å². The van der Waals surface area contributed by atoms with Crippen LogP contribution in [-0.2, 0) is 4.79 Å². The van der Waals surface area contributed by atoms with Crippen molar-refractivity contribution in [3.05, 3.63) is 54.1 Å². The molecule has 4 heteroatoms. The maximum atomic E-state index is 12.2. The summed E-state index contributed by atoms with van der Waals surface area (Å²) in [5.41, 5.74) is 1.61. The predicted molar refractivity (Wildman–Crippen MR) is 72.3 cm³/mol. The van der Waals surface area contributed by atoms with E-state index in [0.29, 0.717) is 11.5 Å². The zero-order chi connectivity index (χ0) is 13.7. The van der Waals surface area contributed by atoms with Gasteiger partial charge in [0.2, 0.25) is 5.91 Å². The van der Waals surface area contributed by atoms with E-state index in [2.05, 4.69) is 6.07 Å². The number of β-lactam (4-membered cyclic amide) rings is 1. The van der Waals surface area contributed by atoms with E-state index in [-0.39, 0.29) is 11.9 Å². The summed E-state index contributed by atoms with van der Waals surface area (Å²) in [6.07, 6.45) is 0. The lowest BCUT2D eigenvalue weighted by atomic mass is 9.82. The largest absolute Gasteiger partial charge is 0.455 e. The van der Waals surface area contributed by atoms with Gasteiger partial charge in [-0.2, -0.15) is 5.26 Å². The second-order valence-corrected chi connectivity index (χ2v) is 4.87. The van der Waals surface area contributed by atoms with E-state index >= 15 is 0 Å². The number of carbonyl (C=O) groups is 1. The number of hydrogen-bond donors (Lipinski definition) is 0. The Labute approximate surface area is 115 Å². The van der Waals surface area contributed by atoms with Gasteiger partial charge in [-0.3, -0.25) is 9.69 Å². The molecule has 96 valence electrons. The fourth-order valence-corrected chi connectivity index (χ4v) is 2.88. The van der Waals surface area contributed by atoms with Gasteiger partial charge in [0.15, 0.2) is 11.7 Å². The van der Waals surface area contributed by atoms with Crippen molar-refractivity contribution in [2.24, 2.45) is 5.92 Å². The van der Waals surface area contributed by atoms with Crippen molar-refractivity contribution < 1.29 is 9.53 Å². The lowest BCUT2D eigenvalue weighted by molar-refractivity contribution is -0.127. The zero-order valence-electron chi connectivity index (χ0n) is 10.5. The number of anilines is 1. The number of nitrogens with zero attached hydrogens (tertiary/aromatic N) is 2. The second kappa shape index (κ2) is 3.84. The van der Waals surface area contributed by atoms with Gasteiger partial charge in [0.05, 0.1) is 17.8 Å². The summed E-state index contributed by atoms with van der Waals surface area (Å²) in [6, 6.07) is 16.8. The van der Waals surface area contributed by atoms with Crippen LogP contribution in [0.5, 0.6) is 11.5 Å². The number of nitriles is 1. The minimum atomic E-state index is -0.633. The van der Waals surface area contributed by atoms with Crippen LogP contribution in [0, 0.1) is 17.2 Å². The van der Waals surface area contributed by atoms with Crippen LogP contribution in [0.3, 0.4) is 0 Å². The molecule has 2 aliphatic rings. The highest BCUT2D eigenvalue weighted by atomic mass is 16.5. The van der Waals surface area contributed by atoms with Crippen LogP contribution in [0.25, 0.3) is 0 Å². The maximum Gasteiger partial charge on any atom is 0.247 e. The molecule has 0 saturated carbocycles. The molecule has 4 rings (SSSR count). The van der Waals surface area contributed by atoms with Crippen molar-refractivity contribution in [1.29, 1.82) is 5.26 Å². The first-order chi connectivity index (χ1) is 9.81. The first kappa shape index (κ1) is 11.1. The van der Waals surface area contributed by atoms with Gasteiger partial charge < -0.3 is 4.74 Å². The van der Waals surface area contributed by atoms with Gasteiger partial charge in [-0.05, 0) is 18.2 Å². The van der Waals surface area contributed by atoms with Crippen LogP contribution in [-0.4, -0.2) is 5.91 Å². The van der Waals surface area contributed by atoms with E-state index in [1.54, 1.807) is 4.90 Å². The molecule has 1 amide bonds. The van der Waals surface area contributed by atoms with Gasteiger partial charge in [0.25, 0.3) is 0 Å². The Morgan fingerprint density at radius 2 is 1.75 bits per heavy atom. The minimum absolute atomic E-state index is 0.162. The van der Waals surface area contributed by atoms with E-state index in [4.69, 9.17) is 4.74 Å². The summed E-state index contributed by atoms with van der Waals surface area (Å²) < 4.78 is 5.92. The van der Waals surface area contributed by atoms with Crippen LogP contribution in [0.2, 0.25) is 0 Å². The number of amides is 1. The molecule has 2 aliphatic heterocycles. The zero-order valence-corrected chi connectivity index (χ0v) is 10.5. The summed E-state index contributed by atoms with van der Waals surface area (Å²) in [6.45, 7) is 0. The molecule has 4 nitrogen and oxygen atoms in total. The molecule has 0 radical (unpaired) electrons. The van der Waals surface area contributed by atoms with Crippen LogP contribution >= 0.6 is 0 Å². The highest BCUT2D eigenvalue weighted by Crippen LogP contribution is 2.52. The van der Waals surface area contributed by atoms with Crippen molar-refractivity contribution >= 4 is 11.6 Å². The Morgan fingerprint density at radius 1 is 1.05 bits per heavy atom. The number of benzene rings is 2. The summed E-state index contributed by atoms with van der Waals surface area (Å²) in [4.78, 5) is 13.9. The summed E-state index contributed by atoms with van der Waals surface area (Å²) >= 11 is 0. The van der Waals surface area contributed by atoms with E-state index in [1.807, 2.05) is 48.5 Å². The van der Waals surface area contributed by atoms with E-state index < -0.39 is 5.92 Å². The Morgan fingerprint density at radius 3 is 2.55 bits per heavy atom. The van der Waals surface area contributed by atoms with Crippen molar-refractivity contribution in [2.45, 2.75) is 6.04 Å². The van der Waals surface area contributed by atoms with E-state index in [0.717, 1.165) is 11.3 Å². The molecule has 2 heterocycles. The van der Waals surface area contributed by atoms with Gasteiger partial charge in [0.1, 0.15) is 5.75 Å². The highest BCUT2D eigenvalue weighted by molar-refractivity contribution is 6.06. The Kier molecular flexibility index (Phi) is 2.13. The quantitative estimate of drug-likeness (QED) is 0.686. The third-order valence-electron chi connectivity index (χ3n) is 3.82. The standard InChI is InChI=1S/C16H10N2O2/c17-9-11-15-10-5-1-3-7-13(10)20-14-8-4-2-6-12(14)18(15)16(11)19/h1-8,11,15H/t11-,15-/m1/s1. The van der Waals surface area contributed by atoms with E-state index in [1.165, 1.54) is 0 Å². The number of rotatable bonds is 0. The van der Waals surface area contributed by atoms with Crippen LogP contribution in [0.1, 0.15) is 11.6 Å². The van der Waals surface area contributed by atoms with Gasteiger partial charge in [-0.25, -0.2) is 0 Å². The van der Waals surface area contributed by atoms with Crippen molar-refractivity contribution in [3.8, 4) is 17.6 Å². The molecule has 20 heavy (non-hydrogen) atoms. The summed E-state index contributed by atoms with van der Waals surface area (Å²) in [5.74, 6) is 0.559. The maximum absolute atomic E-state index is 12.2. The number of carbonyl (C=O) groups excluding carboxylic acids is 1. The number of ether oxygens (including phenoxy) is 1. The SMILES string of the molecule is N#C[C@H]1C(=O)N2c3ccccc3Oc3ccccc3[C@H]12. The third kappa shape index (κ3) is 1.27. The Bertz CT molecular complexity index is 763. The lowest BCUT2D eigenvalue weighted by Crippen LogP contribution is -2.54. The average molecular weight is 262 g/mol. The Hall–Kier alpha value is -2.80. The first-order valence-corrected chi connectivity index (χ1v) is 6.40. The van der Waals surface area contributed by atoms with Gasteiger partial charge >= 0.3 is 0 Å². The molecule has 0 aliphatic carbocycles. The molecule has 1 fully saturated rings. The molecule has 1 saturated heterocycles. The highest BCUT2D eigenvalue weighted by Gasteiger charge is 2.52. The van der Waals surface area contributed by atoms with Crippen LogP contribution < -0.4 is 9.64 Å². The second-order valence-electron chi connectivity index (χ2n) is 4.87. The minimum Gasteiger partial charge on any atom is -0.455 e. The van der Waals surface area contributed by atoms with Crippen molar-refractivity contribution in [2.75, 3.05) is 4.90 Å². The van der Waals surface area contributed by atoms with Gasteiger partial charge in [0, 0.05) is 5.56 Å². The molecule has 0 spiro atoms. The van der Waals surface area contributed by atoms with E-state index in [9.17, 15) is 10.1 Å². The number of hydrogen-bond acceptors (Lipinski definition) is 3. The topological polar surface area (TPSA) is 53.3 Å². The molecule has 0 bridgehead atoms. The fraction of sp³-hybridized carbons (Fsp3) is 0.125. The molecular formula is C16H10N2O2. The van der Waals surface area contributed by atoms with Crippen LogP contribution in [0.4, 0.5) is 5.69 Å². The average Bonchev–Trinajstić information content (AvgIpc) is 2.60. The molecule has 2 atom stereocenters. The smallest absolute Gasteiger partial charge is 0.247 e. The summed E-state index contributed by atoms with van der Waals surface area (Å²) in [5, 5.41) is 9.22. The number of para-hydroxylation sites is 3. The van der Waals surface area contributed by atoms with Crippen LogP contribution in [0.15, 0.2) is 48.5 Å². The molecule has 2 aromatic carbocycles. The van der Waals surface area contributed by atoms with Crippen molar-refractivity contribution in [1.82, 2.24) is 0 Å². The van der Waals surface area contributed by atoms with Gasteiger partial charge in [-0.1, -0.05) is 30.3 Å². The predicted octanol–water partition coefficient (Wildman–Crippen LogP) is 3.02. The molecule has 0 N–H and O–H groups in total. The lowest BCUT2D eigenvalue weighted by Gasteiger charge is -2.43. The fourth-order valence-electron chi connectivity index (χ4n) is 2.88. The monoisotopic (exact) mass is 262 g/mol. The Balaban J connectivity index is 1.97. The third-order valence-corrected chi connectivity index (χ3v) is 3.82. The first-order valence-electron chi connectivity index (χ1n) is 6.40. The molecule has 2 aromatic rings. The molecule has 0 aromatic heterocycles. The normalized spacial score (nSPS) is 22.4. The molecule has 0 unspecified atom stereocenters. The molecular weight excluding hydrogens is 252 g/mol. The number of fused-ring (bicyclic) bond motifs is 5.